The second kappa shape index (κ2) is 5.61. The molecular formula is C10H14BrNO2S3. The standard InChI is InChI=1S/C10H14BrNO2S3/c1-15-9-4-2-3-8(9)12-17(13,14)10-7(11)5-6-16-10/h5-6,8-9,12H,2-4H2,1H3. The van der Waals surface area contributed by atoms with Crippen LogP contribution in [0.5, 0.6) is 0 Å². The SMILES string of the molecule is CSC1CCCC1NS(=O)(=O)c1sccc1Br. The number of thiophene rings is 1. The third kappa shape index (κ3) is 3.07. The zero-order valence-electron chi connectivity index (χ0n) is 9.35. The number of hydrogen-bond acceptors (Lipinski definition) is 4. The first-order valence-electron chi connectivity index (χ1n) is 5.32. The van der Waals surface area contributed by atoms with E-state index >= 15 is 0 Å². The van der Waals surface area contributed by atoms with Crippen molar-refractivity contribution >= 4 is 49.1 Å². The van der Waals surface area contributed by atoms with Gasteiger partial charge in [-0.25, -0.2) is 13.1 Å². The molecule has 2 unspecified atom stereocenters. The summed E-state index contributed by atoms with van der Waals surface area (Å²) in [6.45, 7) is 0. The summed E-state index contributed by atoms with van der Waals surface area (Å²) in [5, 5.41) is 2.18. The molecule has 0 spiro atoms. The predicted molar refractivity (Wildman–Crippen MR) is 77.3 cm³/mol. The van der Waals surface area contributed by atoms with E-state index < -0.39 is 10.0 Å². The molecule has 1 N–H and O–H groups in total. The third-order valence-electron chi connectivity index (χ3n) is 2.89. The van der Waals surface area contributed by atoms with Crippen LogP contribution in [0.15, 0.2) is 20.1 Å². The third-order valence-corrected chi connectivity index (χ3v) is 8.22. The predicted octanol–water partition coefficient (Wildman–Crippen LogP) is 3.07. The normalized spacial score (nSPS) is 25.3. The van der Waals surface area contributed by atoms with E-state index in [0.29, 0.717) is 13.9 Å². The van der Waals surface area contributed by atoms with Gasteiger partial charge in [0.2, 0.25) is 0 Å². The van der Waals surface area contributed by atoms with Gasteiger partial charge >= 0.3 is 0 Å². The minimum atomic E-state index is -3.37. The molecule has 0 amide bonds. The van der Waals surface area contributed by atoms with E-state index in [1.54, 1.807) is 23.2 Å². The molecule has 0 aromatic carbocycles. The molecule has 0 saturated heterocycles. The van der Waals surface area contributed by atoms with E-state index in [1.807, 2.05) is 6.26 Å². The van der Waals surface area contributed by atoms with Gasteiger partial charge in [-0.1, -0.05) is 6.42 Å². The topological polar surface area (TPSA) is 46.2 Å². The lowest BCUT2D eigenvalue weighted by Crippen LogP contribution is -2.38. The molecule has 1 aromatic rings. The molecule has 0 bridgehead atoms. The van der Waals surface area contributed by atoms with Crippen LogP contribution in [0, 0.1) is 0 Å². The highest BCUT2D eigenvalue weighted by molar-refractivity contribution is 9.10. The molecule has 1 aliphatic carbocycles. The van der Waals surface area contributed by atoms with Gasteiger partial charge in [0.1, 0.15) is 4.21 Å². The highest BCUT2D eigenvalue weighted by Gasteiger charge is 2.31. The molecule has 2 atom stereocenters. The van der Waals surface area contributed by atoms with Crippen LogP contribution in [0.25, 0.3) is 0 Å². The van der Waals surface area contributed by atoms with E-state index in [9.17, 15) is 8.42 Å². The number of hydrogen-bond donors (Lipinski definition) is 1. The lowest BCUT2D eigenvalue weighted by molar-refractivity contribution is 0.557. The number of thioether (sulfide) groups is 1. The first-order valence-corrected chi connectivity index (χ1v) is 9.77. The molecule has 96 valence electrons. The quantitative estimate of drug-likeness (QED) is 0.902. The van der Waals surface area contributed by atoms with Crippen molar-refractivity contribution in [3.05, 3.63) is 15.9 Å². The Morgan fingerprint density at radius 3 is 2.88 bits per heavy atom. The minimum Gasteiger partial charge on any atom is -0.206 e. The summed E-state index contributed by atoms with van der Waals surface area (Å²) in [5.41, 5.74) is 0. The molecule has 1 saturated carbocycles. The molecule has 0 radical (unpaired) electrons. The van der Waals surface area contributed by atoms with Crippen molar-refractivity contribution in [3.63, 3.8) is 0 Å². The zero-order valence-corrected chi connectivity index (χ0v) is 13.4. The number of halogens is 1. The fourth-order valence-electron chi connectivity index (χ4n) is 2.07. The lowest BCUT2D eigenvalue weighted by Gasteiger charge is -2.18. The second-order valence-electron chi connectivity index (χ2n) is 3.99. The first-order chi connectivity index (χ1) is 8.04. The van der Waals surface area contributed by atoms with Gasteiger partial charge in [-0.3, -0.25) is 0 Å². The Labute approximate surface area is 119 Å². The molecule has 1 heterocycles. The van der Waals surface area contributed by atoms with Gasteiger partial charge in [-0.2, -0.15) is 11.8 Å². The maximum atomic E-state index is 12.2. The molecule has 1 fully saturated rings. The second-order valence-corrected chi connectivity index (χ2v) is 8.75. The van der Waals surface area contributed by atoms with E-state index in [1.165, 1.54) is 11.3 Å². The monoisotopic (exact) mass is 355 g/mol. The van der Waals surface area contributed by atoms with Crippen molar-refractivity contribution in [2.45, 2.75) is 34.8 Å². The number of nitrogens with one attached hydrogen (secondary N) is 1. The lowest BCUT2D eigenvalue weighted by atomic mass is 10.3. The van der Waals surface area contributed by atoms with Gasteiger partial charge in [0.15, 0.2) is 0 Å². The average molecular weight is 356 g/mol. The van der Waals surface area contributed by atoms with Crippen molar-refractivity contribution in [1.29, 1.82) is 0 Å². The number of sulfonamides is 1. The molecule has 2 rings (SSSR count). The molecule has 1 aliphatic rings. The Morgan fingerprint density at radius 1 is 1.53 bits per heavy atom. The van der Waals surface area contributed by atoms with Gasteiger partial charge < -0.3 is 0 Å². The van der Waals surface area contributed by atoms with Gasteiger partial charge in [0.05, 0.1) is 0 Å². The largest absolute Gasteiger partial charge is 0.251 e. The highest BCUT2D eigenvalue weighted by Crippen LogP contribution is 2.32. The van der Waals surface area contributed by atoms with E-state index in [2.05, 4.69) is 20.7 Å². The van der Waals surface area contributed by atoms with E-state index in [4.69, 9.17) is 0 Å². The van der Waals surface area contributed by atoms with Crippen LogP contribution in [-0.2, 0) is 10.0 Å². The molecule has 0 aliphatic heterocycles. The molecule has 7 heteroatoms. The summed E-state index contributed by atoms with van der Waals surface area (Å²) < 4.78 is 28.2. The Hall–Kier alpha value is 0.440. The van der Waals surface area contributed by atoms with Crippen LogP contribution < -0.4 is 4.72 Å². The van der Waals surface area contributed by atoms with Gasteiger partial charge in [-0.15, -0.1) is 11.3 Å². The van der Waals surface area contributed by atoms with Crippen LogP contribution >= 0.6 is 39.0 Å². The summed E-state index contributed by atoms with van der Waals surface area (Å²) in [6.07, 6.45) is 5.18. The zero-order chi connectivity index (χ0) is 12.5. The summed E-state index contributed by atoms with van der Waals surface area (Å²) >= 11 is 6.26. The van der Waals surface area contributed by atoms with Crippen molar-refractivity contribution in [2.75, 3.05) is 6.26 Å². The summed E-state index contributed by atoms with van der Waals surface area (Å²) in [4.78, 5) is 0. The Balaban J connectivity index is 2.16. The molecule has 1 aromatic heterocycles. The van der Waals surface area contributed by atoms with Crippen molar-refractivity contribution in [3.8, 4) is 0 Å². The van der Waals surface area contributed by atoms with Crippen molar-refractivity contribution in [1.82, 2.24) is 4.72 Å². The van der Waals surface area contributed by atoms with E-state index in [-0.39, 0.29) is 6.04 Å². The average Bonchev–Trinajstić information content (AvgIpc) is 2.86. The molecule has 3 nitrogen and oxygen atoms in total. The fraction of sp³-hybridized carbons (Fsp3) is 0.600. The van der Waals surface area contributed by atoms with Crippen molar-refractivity contribution < 1.29 is 8.42 Å². The van der Waals surface area contributed by atoms with Gasteiger partial charge in [0, 0.05) is 15.8 Å². The first kappa shape index (κ1) is 13.9. The highest BCUT2D eigenvalue weighted by atomic mass is 79.9. The van der Waals surface area contributed by atoms with Crippen molar-refractivity contribution in [2.24, 2.45) is 0 Å². The Morgan fingerprint density at radius 2 is 2.29 bits per heavy atom. The van der Waals surface area contributed by atoms with Crippen LogP contribution in [0.3, 0.4) is 0 Å². The Kier molecular flexibility index (Phi) is 4.57. The van der Waals surface area contributed by atoms with Gasteiger partial charge in [-0.05, 0) is 46.5 Å². The van der Waals surface area contributed by atoms with E-state index in [0.717, 1.165) is 19.3 Å². The maximum Gasteiger partial charge on any atom is 0.251 e. The minimum absolute atomic E-state index is 0.0731. The smallest absolute Gasteiger partial charge is 0.206 e. The molecular weight excluding hydrogens is 342 g/mol. The number of rotatable bonds is 4. The fourth-order valence-corrected chi connectivity index (χ4v) is 6.75. The van der Waals surface area contributed by atoms with Gasteiger partial charge in [0.25, 0.3) is 10.0 Å². The Bertz CT molecular complexity index is 485. The van der Waals surface area contributed by atoms with Crippen LogP contribution in [0.2, 0.25) is 0 Å². The summed E-state index contributed by atoms with van der Waals surface area (Å²) in [5.74, 6) is 0. The van der Waals surface area contributed by atoms with Crippen LogP contribution in [0.1, 0.15) is 19.3 Å². The molecule has 17 heavy (non-hydrogen) atoms. The summed E-state index contributed by atoms with van der Waals surface area (Å²) in [7, 11) is -3.37. The maximum absolute atomic E-state index is 12.2. The summed E-state index contributed by atoms with van der Waals surface area (Å²) in [6, 6.07) is 1.84. The van der Waals surface area contributed by atoms with Crippen LogP contribution in [0.4, 0.5) is 0 Å². The van der Waals surface area contributed by atoms with Crippen LogP contribution in [-0.4, -0.2) is 26.0 Å².